The van der Waals surface area contributed by atoms with E-state index in [9.17, 15) is 18.0 Å². The fourth-order valence-corrected chi connectivity index (χ4v) is 7.33. The first-order valence-corrected chi connectivity index (χ1v) is 17.6. The maximum absolute atomic E-state index is 14.1. The third kappa shape index (κ3) is 7.27. The number of sulfone groups is 1. The Bertz CT molecular complexity index is 2090. The molecule has 3 N–H and O–H groups in total. The number of allylic oxidation sites excluding steroid dienone is 1. The highest BCUT2D eigenvalue weighted by atomic mass is 32.2. The molecule has 246 valence electrons. The van der Waals surface area contributed by atoms with Crippen molar-refractivity contribution in [1.29, 1.82) is 0 Å². The van der Waals surface area contributed by atoms with Gasteiger partial charge in [-0.2, -0.15) is 0 Å². The maximum Gasteiger partial charge on any atom is 0.254 e. The molecule has 2 atom stereocenters. The summed E-state index contributed by atoms with van der Waals surface area (Å²) in [5.41, 5.74) is 8.52. The topological polar surface area (TPSA) is 119 Å². The Morgan fingerprint density at radius 1 is 0.854 bits per heavy atom. The second-order valence-electron chi connectivity index (χ2n) is 12.1. The molecule has 1 heterocycles. The number of Topliss-reactive ketones (excluding diaryl/α,β-unsaturated/α-hetero) is 1. The summed E-state index contributed by atoms with van der Waals surface area (Å²) in [5, 5.41) is 6.34. The summed E-state index contributed by atoms with van der Waals surface area (Å²) < 4.78 is 32.8. The van der Waals surface area contributed by atoms with Gasteiger partial charge in [-0.25, -0.2) is 8.42 Å². The molecule has 0 bridgehead atoms. The van der Waals surface area contributed by atoms with E-state index in [0.29, 0.717) is 50.4 Å². The van der Waals surface area contributed by atoms with Gasteiger partial charge in [0, 0.05) is 30.3 Å². The van der Waals surface area contributed by atoms with Gasteiger partial charge < -0.3 is 20.7 Å². The van der Waals surface area contributed by atoms with Gasteiger partial charge in [0.15, 0.2) is 5.78 Å². The average molecular weight is 662 g/mol. The number of hydrogen-bond acceptors (Lipinski definition) is 7. The Morgan fingerprint density at radius 3 is 2.27 bits per heavy atom. The summed E-state index contributed by atoms with van der Waals surface area (Å²) in [6.45, 7) is 3.76. The Morgan fingerprint density at radius 2 is 1.52 bits per heavy atom. The maximum atomic E-state index is 14.1. The second kappa shape index (κ2) is 14.4. The van der Waals surface area contributed by atoms with Crippen molar-refractivity contribution >= 4 is 48.8 Å². The molecule has 5 aromatic carbocycles. The molecule has 8 nitrogen and oxygen atoms in total. The number of morpholine rings is 1. The molecule has 1 fully saturated rings. The van der Waals surface area contributed by atoms with Crippen LogP contribution in [0, 0.1) is 5.92 Å². The first-order valence-electron chi connectivity index (χ1n) is 16.2. The van der Waals surface area contributed by atoms with E-state index in [2.05, 4.69) is 5.32 Å². The molecule has 0 radical (unpaired) electrons. The average Bonchev–Trinajstić information content (AvgIpc) is 3.12. The second-order valence-corrected chi connectivity index (χ2v) is 14.1. The van der Waals surface area contributed by atoms with Gasteiger partial charge in [-0.1, -0.05) is 84.9 Å². The number of ketones is 1. The Balaban J connectivity index is 1.29. The summed E-state index contributed by atoms with van der Waals surface area (Å²) in [6, 6.07) is 32.8. The van der Waals surface area contributed by atoms with Crippen LogP contribution < -0.4 is 11.1 Å². The van der Waals surface area contributed by atoms with Gasteiger partial charge in [0.2, 0.25) is 9.84 Å². The van der Waals surface area contributed by atoms with Gasteiger partial charge in [0.25, 0.3) is 5.91 Å². The van der Waals surface area contributed by atoms with Crippen molar-refractivity contribution in [3.63, 3.8) is 0 Å². The largest absolute Gasteiger partial charge is 0.389 e. The summed E-state index contributed by atoms with van der Waals surface area (Å²) in [4.78, 5) is 29.6. The van der Waals surface area contributed by atoms with Crippen LogP contribution in [0.1, 0.15) is 29.3 Å². The molecule has 1 saturated heterocycles. The van der Waals surface area contributed by atoms with Gasteiger partial charge >= 0.3 is 0 Å². The highest BCUT2D eigenvalue weighted by Crippen LogP contribution is 2.28. The monoisotopic (exact) mass is 661 g/mol. The number of rotatable bonds is 11. The molecule has 5 aromatic rings. The lowest BCUT2D eigenvalue weighted by molar-refractivity contribution is -0.122. The van der Waals surface area contributed by atoms with E-state index in [1.54, 1.807) is 36.1 Å². The number of hydrogen-bond donors (Lipinski definition) is 2. The van der Waals surface area contributed by atoms with Crippen LogP contribution in [0.4, 0.5) is 5.69 Å². The number of nitrogens with zero attached hydrogens (tertiary/aromatic N) is 1. The first kappa shape index (κ1) is 32.9. The highest BCUT2D eigenvalue weighted by molar-refractivity contribution is 7.95. The number of benzene rings is 5. The van der Waals surface area contributed by atoms with E-state index >= 15 is 0 Å². The van der Waals surface area contributed by atoms with Crippen molar-refractivity contribution < 1.29 is 22.7 Å². The van der Waals surface area contributed by atoms with E-state index < -0.39 is 21.8 Å². The molecule has 1 amide bonds. The Kier molecular flexibility index (Phi) is 9.89. The molecule has 48 heavy (non-hydrogen) atoms. The molecular formula is C39H39N3O5S. The molecule has 1 aliphatic heterocycles. The number of carbonyl (C=O) groups is 2. The van der Waals surface area contributed by atoms with Crippen molar-refractivity contribution in [2.24, 2.45) is 11.7 Å². The van der Waals surface area contributed by atoms with Crippen molar-refractivity contribution in [2.75, 3.05) is 31.6 Å². The normalized spacial score (nSPS) is 15.3. The smallest absolute Gasteiger partial charge is 0.254 e. The van der Waals surface area contributed by atoms with Gasteiger partial charge in [0.1, 0.15) is 5.03 Å². The molecule has 0 saturated carbocycles. The SMILES string of the molecule is C[C@H](Nc1cc(C(=O)N2CCOCC2)c2ccccc2c1)C(=O)[C@H](/C=C(\N)S(=O)(=O)c1ccc2ccccc2c1)CCc1ccccc1. The Hall–Kier alpha value is -4.99. The van der Waals surface area contributed by atoms with Crippen LogP contribution >= 0.6 is 0 Å². The van der Waals surface area contributed by atoms with Gasteiger partial charge in [-0.3, -0.25) is 9.59 Å². The summed E-state index contributed by atoms with van der Waals surface area (Å²) >= 11 is 0. The zero-order chi connectivity index (χ0) is 33.7. The van der Waals surface area contributed by atoms with Gasteiger partial charge in [-0.05, 0) is 77.2 Å². The van der Waals surface area contributed by atoms with Gasteiger partial charge in [-0.15, -0.1) is 0 Å². The number of ether oxygens (including phenoxy) is 1. The summed E-state index contributed by atoms with van der Waals surface area (Å²) in [7, 11) is -4.06. The molecule has 6 rings (SSSR count). The zero-order valence-corrected chi connectivity index (χ0v) is 27.7. The van der Waals surface area contributed by atoms with Crippen LogP contribution in [0.25, 0.3) is 21.5 Å². The van der Waals surface area contributed by atoms with Crippen molar-refractivity contribution in [3.05, 3.63) is 131 Å². The number of anilines is 1. The quantitative estimate of drug-likeness (QED) is 0.169. The van der Waals surface area contributed by atoms with E-state index in [4.69, 9.17) is 10.5 Å². The standard InChI is InChI=1S/C39H39N3O5S/c1-27(41-33-23-31-13-7-8-14-35(31)36(26-33)39(44)42-19-21-47-22-20-42)38(43)32(16-15-28-9-3-2-4-10-28)25-37(40)48(45,46)34-18-17-29-11-5-6-12-30(29)24-34/h2-14,17-18,23-27,32,41H,15-16,19-22,40H2,1H3/b37-25+/t27-,32-/m0/s1. The minimum Gasteiger partial charge on any atom is -0.389 e. The summed E-state index contributed by atoms with van der Waals surface area (Å²) in [5.74, 6) is -1.10. The van der Waals surface area contributed by atoms with E-state index in [1.165, 1.54) is 6.08 Å². The lowest BCUT2D eigenvalue weighted by Gasteiger charge is -2.27. The highest BCUT2D eigenvalue weighted by Gasteiger charge is 2.27. The van der Waals surface area contributed by atoms with Crippen LogP contribution in [-0.4, -0.2) is 57.4 Å². The lowest BCUT2D eigenvalue weighted by Crippen LogP contribution is -2.40. The molecule has 9 heteroatoms. The van der Waals surface area contributed by atoms with Crippen molar-refractivity contribution in [1.82, 2.24) is 4.90 Å². The molecule has 0 aromatic heterocycles. The van der Waals surface area contributed by atoms with Crippen LogP contribution in [0.5, 0.6) is 0 Å². The Labute approximate surface area is 281 Å². The number of aryl methyl sites for hydroxylation is 1. The zero-order valence-electron chi connectivity index (χ0n) is 26.8. The van der Waals surface area contributed by atoms with E-state index in [1.807, 2.05) is 84.9 Å². The predicted octanol–water partition coefficient (Wildman–Crippen LogP) is 6.36. The number of amides is 1. The number of nitrogens with one attached hydrogen (secondary N) is 1. The predicted molar refractivity (Wildman–Crippen MR) is 190 cm³/mol. The minimum absolute atomic E-state index is 0.0732. The first-order chi connectivity index (χ1) is 23.2. The number of carbonyl (C=O) groups excluding carboxylic acids is 2. The fourth-order valence-electron chi connectivity index (χ4n) is 6.18. The van der Waals surface area contributed by atoms with E-state index in [0.717, 1.165) is 27.1 Å². The molecular weight excluding hydrogens is 623 g/mol. The third-order valence-corrected chi connectivity index (χ3v) is 10.5. The van der Waals surface area contributed by atoms with Crippen LogP contribution in [0.2, 0.25) is 0 Å². The van der Waals surface area contributed by atoms with E-state index in [-0.39, 0.29) is 21.6 Å². The van der Waals surface area contributed by atoms with Crippen LogP contribution in [-0.2, 0) is 25.8 Å². The molecule has 0 spiro atoms. The molecule has 0 unspecified atom stereocenters. The molecule has 0 aliphatic carbocycles. The number of nitrogens with two attached hydrogens (primary N) is 1. The van der Waals surface area contributed by atoms with Gasteiger partial charge in [0.05, 0.1) is 24.2 Å². The fraction of sp³-hybridized carbons (Fsp3) is 0.231. The minimum atomic E-state index is -4.06. The lowest BCUT2D eigenvalue weighted by atomic mass is 9.91. The van der Waals surface area contributed by atoms with Crippen molar-refractivity contribution in [2.45, 2.75) is 30.7 Å². The summed E-state index contributed by atoms with van der Waals surface area (Å²) in [6.07, 6.45) is 2.31. The van der Waals surface area contributed by atoms with Crippen LogP contribution in [0.15, 0.2) is 125 Å². The molecule has 1 aliphatic rings. The number of fused-ring (bicyclic) bond motifs is 2. The third-order valence-electron chi connectivity index (χ3n) is 8.86. The van der Waals surface area contributed by atoms with Crippen LogP contribution in [0.3, 0.4) is 0 Å². The van der Waals surface area contributed by atoms with Crippen molar-refractivity contribution in [3.8, 4) is 0 Å².